The van der Waals surface area contributed by atoms with E-state index in [0.29, 0.717) is 11.8 Å². The highest BCUT2D eigenvalue weighted by atomic mass is 16.6. The van der Waals surface area contributed by atoms with Crippen LogP contribution in [0.5, 0.6) is 0 Å². The Morgan fingerprint density at radius 2 is 1.74 bits per heavy atom. The fraction of sp³-hybridized carbons (Fsp3) is 0.850. The van der Waals surface area contributed by atoms with Crippen molar-refractivity contribution < 1.29 is 14.6 Å². The van der Waals surface area contributed by atoms with E-state index in [-0.39, 0.29) is 11.4 Å². The summed E-state index contributed by atoms with van der Waals surface area (Å²) in [5, 5.41) is 11.7. The van der Waals surface area contributed by atoms with Gasteiger partial charge < -0.3 is 9.84 Å². The Hall–Kier alpha value is -0.830. The summed E-state index contributed by atoms with van der Waals surface area (Å²) in [6.07, 6.45) is 12.3. The zero-order valence-electron chi connectivity index (χ0n) is 14.8. The SMILES string of the molecule is C=CC(=O)OC(C)(C)[C@@]12CCCC[C@@]1(O)C[C@@H]1CCCC[C@@H]1C2. The molecule has 0 aliphatic heterocycles. The summed E-state index contributed by atoms with van der Waals surface area (Å²) in [6.45, 7) is 7.55. The molecule has 0 heterocycles. The van der Waals surface area contributed by atoms with E-state index in [9.17, 15) is 9.90 Å². The van der Waals surface area contributed by atoms with E-state index in [1.54, 1.807) is 0 Å². The molecule has 0 aromatic rings. The van der Waals surface area contributed by atoms with Crippen LogP contribution < -0.4 is 0 Å². The van der Waals surface area contributed by atoms with Crippen LogP contribution in [-0.2, 0) is 9.53 Å². The smallest absolute Gasteiger partial charge is 0.330 e. The lowest BCUT2D eigenvalue weighted by Crippen LogP contribution is -2.66. The van der Waals surface area contributed by atoms with Crippen LogP contribution >= 0.6 is 0 Å². The lowest BCUT2D eigenvalue weighted by atomic mass is 9.45. The van der Waals surface area contributed by atoms with Gasteiger partial charge >= 0.3 is 5.97 Å². The molecule has 3 aliphatic rings. The highest BCUT2D eigenvalue weighted by Crippen LogP contribution is 2.63. The van der Waals surface area contributed by atoms with Crippen molar-refractivity contribution in [1.29, 1.82) is 0 Å². The second-order valence-corrected chi connectivity index (χ2v) is 8.67. The van der Waals surface area contributed by atoms with E-state index in [1.165, 1.54) is 31.8 Å². The molecule has 23 heavy (non-hydrogen) atoms. The number of hydrogen-bond donors (Lipinski definition) is 1. The molecule has 0 saturated heterocycles. The van der Waals surface area contributed by atoms with Crippen LogP contribution in [-0.4, -0.2) is 22.3 Å². The fourth-order valence-electron chi connectivity index (χ4n) is 6.11. The second kappa shape index (κ2) is 5.91. The van der Waals surface area contributed by atoms with Crippen molar-refractivity contribution in [2.24, 2.45) is 17.3 Å². The number of ether oxygens (including phenoxy) is 1. The maximum absolute atomic E-state index is 11.9. The molecule has 0 amide bonds. The van der Waals surface area contributed by atoms with E-state index in [4.69, 9.17) is 4.74 Å². The third-order valence-electron chi connectivity index (χ3n) is 7.29. The van der Waals surface area contributed by atoms with Gasteiger partial charge in [-0.15, -0.1) is 0 Å². The standard InChI is InChI=1S/C20H32O3/c1-4-17(21)23-18(2,3)19-11-7-8-12-20(19,22)14-16-10-6-5-9-15(16)13-19/h4,15-16,22H,1,5-14H2,2-3H3/t15-,16+,19+,20-/m1/s1. The molecule has 3 fully saturated rings. The summed E-state index contributed by atoms with van der Waals surface area (Å²) in [4.78, 5) is 11.9. The number of carbonyl (C=O) groups is 1. The van der Waals surface area contributed by atoms with Gasteiger partial charge in [0.05, 0.1) is 5.60 Å². The number of aliphatic hydroxyl groups is 1. The van der Waals surface area contributed by atoms with E-state index in [0.717, 1.165) is 38.5 Å². The highest BCUT2D eigenvalue weighted by Gasteiger charge is 2.65. The predicted molar refractivity (Wildman–Crippen MR) is 90.9 cm³/mol. The molecule has 0 unspecified atom stereocenters. The first-order chi connectivity index (χ1) is 10.8. The van der Waals surface area contributed by atoms with Crippen LogP contribution in [0.25, 0.3) is 0 Å². The Labute approximate surface area is 140 Å². The van der Waals surface area contributed by atoms with Crippen molar-refractivity contribution >= 4 is 5.97 Å². The van der Waals surface area contributed by atoms with Gasteiger partial charge in [-0.2, -0.15) is 0 Å². The lowest BCUT2D eigenvalue weighted by Gasteiger charge is -2.63. The molecule has 3 heteroatoms. The molecular formula is C20H32O3. The first-order valence-corrected chi connectivity index (χ1v) is 9.41. The van der Waals surface area contributed by atoms with Crippen molar-refractivity contribution in [3.8, 4) is 0 Å². The van der Waals surface area contributed by atoms with Crippen LogP contribution in [0.4, 0.5) is 0 Å². The minimum absolute atomic E-state index is 0.310. The molecule has 0 aromatic carbocycles. The number of esters is 1. The van der Waals surface area contributed by atoms with Gasteiger partial charge in [-0.25, -0.2) is 4.79 Å². The zero-order chi connectivity index (χ0) is 16.7. The largest absolute Gasteiger partial charge is 0.456 e. The molecule has 4 atom stereocenters. The third-order valence-corrected chi connectivity index (χ3v) is 7.29. The average Bonchev–Trinajstić information content (AvgIpc) is 2.51. The Morgan fingerprint density at radius 1 is 1.13 bits per heavy atom. The Morgan fingerprint density at radius 3 is 2.39 bits per heavy atom. The van der Waals surface area contributed by atoms with Crippen molar-refractivity contribution in [3.63, 3.8) is 0 Å². The molecule has 0 spiro atoms. The topological polar surface area (TPSA) is 46.5 Å². The van der Waals surface area contributed by atoms with E-state index in [2.05, 4.69) is 6.58 Å². The molecule has 3 aliphatic carbocycles. The van der Waals surface area contributed by atoms with Gasteiger partial charge in [0, 0.05) is 11.5 Å². The molecule has 3 nitrogen and oxygen atoms in total. The fourth-order valence-corrected chi connectivity index (χ4v) is 6.11. The first-order valence-electron chi connectivity index (χ1n) is 9.41. The molecule has 1 N–H and O–H groups in total. The van der Waals surface area contributed by atoms with Gasteiger partial charge in [0.15, 0.2) is 0 Å². The van der Waals surface area contributed by atoms with E-state index < -0.39 is 11.2 Å². The molecule has 0 bridgehead atoms. The number of hydrogen-bond acceptors (Lipinski definition) is 3. The first kappa shape index (κ1) is 17.0. The molecule has 130 valence electrons. The summed E-state index contributed by atoms with van der Waals surface area (Å²) >= 11 is 0. The molecule has 0 radical (unpaired) electrons. The molecule has 0 aromatic heterocycles. The summed E-state index contributed by atoms with van der Waals surface area (Å²) in [5.41, 5.74) is -1.65. The summed E-state index contributed by atoms with van der Waals surface area (Å²) in [6, 6.07) is 0. The Balaban J connectivity index is 1.96. The van der Waals surface area contributed by atoms with Crippen molar-refractivity contribution in [3.05, 3.63) is 12.7 Å². The minimum atomic E-state index is -0.686. The average molecular weight is 320 g/mol. The van der Waals surface area contributed by atoms with Gasteiger partial charge in [-0.05, 0) is 51.4 Å². The van der Waals surface area contributed by atoms with Gasteiger partial charge in [-0.1, -0.05) is 45.1 Å². The third kappa shape index (κ3) is 2.65. The maximum Gasteiger partial charge on any atom is 0.330 e. The quantitative estimate of drug-likeness (QED) is 0.620. The van der Waals surface area contributed by atoms with E-state index >= 15 is 0 Å². The lowest BCUT2D eigenvalue weighted by molar-refractivity contribution is -0.251. The normalized spacial score (nSPS) is 40.7. The summed E-state index contributed by atoms with van der Waals surface area (Å²) in [5.74, 6) is 0.970. The van der Waals surface area contributed by atoms with Gasteiger partial charge in [0.25, 0.3) is 0 Å². The van der Waals surface area contributed by atoms with Crippen LogP contribution in [0.3, 0.4) is 0 Å². The molecule has 3 saturated carbocycles. The van der Waals surface area contributed by atoms with Gasteiger partial charge in [0.2, 0.25) is 0 Å². The van der Waals surface area contributed by atoms with Crippen molar-refractivity contribution in [2.75, 3.05) is 0 Å². The van der Waals surface area contributed by atoms with Crippen LogP contribution in [0.15, 0.2) is 12.7 Å². The van der Waals surface area contributed by atoms with Crippen LogP contribution in [0.1, 0.15) is 78.1 Å². The van der Waals surface area contributed by atoms with Crippen molar-refractivity contribution in [1.82, 2.24) is 0 Å². The molecular weight excluding hydrogens is 288 g/mol. The van der Waals surface area contributed by atoms with Gasteiger partial charge in [0.1, 0.15) is 5.60 Å². The van der Waals surface area contributed by atoms with E-state index in [1.807, 2.05) is 13.8 Å². The van der Waals surface area contributed by atoms with Crippen LogP contribution in [0, 0.1) is 17.3 Å². The molecule has 3 rings (SSSR count). The van der Waals surface area contributed by atoms with Crippen molar-refractivity contribution in [2.45, 2.75) is 89.3 Å². The van der Waals surface area contributed by atoms with Crippen LogP contribution in [0.2, 0.25) is 0 Å². The monoisotopic (exact) mass is 320 g/mol. The Bertz CT molecular complexity index is 483. The minimum Gasteiger partial charge on any atom is -0.456 e. The number of fused-ring (bicyclic) bond motifs is 2. The zero-order valence-corrected chi connectivity index (χ0v) is 14.8. The Kier molecular flexibility index (Phi) is 4.37. The van der Waals surface area contributed by atoms with Gasteiger partial charge in [-0.3, -0.25) is 0 Å². The highest BCUT2D eigenvalue weighted by molar-refractivity contribution is 5.81. The number of carbonyl (C=O) groups excluding carboxylic acids is 1. The summed E-state index contributed by atoms with van der Waals surface area (Å²) in [7, 11) is 0. The summed E-state index contributed by atoms with van der Waals surface area (Å²) < 4.78 is 5.81. The number of rotatable bonds is 3. The predicted octanol–water partition coefficient (Wildman–Crippen LogP) is 4.39. The second-order valence-electron chi connectivity index (χ2n) is 8.67. The maximum atomic E-state index is 11.9.